The molecule has 0 radical (unpaired) electrons. The predicted octanol–water partition coefficient (Wildman–Crippen LogP) is 31.9. The molecule has 6 aromatic heterocycles. The Kier molecular flexibility index (Phi) is 17.2. The van der Waals surface area contributed by atoms with Crippen molar-refractivity contribution in [1.29, 1.82) is 0 Å². The molecule has 0 fully saturated rings. The Morgan fingerprint density at radius 2 is 0.489 bits per heavy atom. The lowest BCUT2D eigenvalue weighted by atomic mass is 9.93. The quantitative estimate of drug-likeness (QED) is 0.135. The molecule has 0 N–H and O–H groups in total. The molecule has 0 aliphatic heterocycles. The van der Waals surface area contributed by atoms with E-state index in [1.54, 1.807) is 0 Å². The minimum absolute atomic E-state index is 0.642. The molecule has 3 aliphatic carbocycles. The van der Waals surface area contributed by atoms with E-state index in [1.165, 1.54) is 170 Å². The van der Waals surface area contributed by atoms with E-state index in [0.717, 1.165) is 78.1 Å². The van der Waals surface area contributed by atoms with Crippen LogP contribution >= 0.6 is 0 Å². The molecule has 0 bridgehead atoms. The Hall–Kier alpha value is -17.9. The van der Waals surface area contributed by atoms with Crippen molar-refractivity contribution < 1.29 is 0 Å². The van der Waals surface area contributed by atoms with Crippen LogP contribution in [0.5, 0.6) is 0 Å². The van der Waals surface area contributed by atoms with Gasteiger partial charge in [0.1, 0.15) is 0 Å². The van der Waals surface area contributed by atoms with Crippen molar-refractivity contribution in [3.05, 3.63) is 455 Å². The van der Waals surface area contributed by atoms with E-state index >= 15 is 0 Å². The van der Waals surface area contributed by atoms with Gasteiger partial charge in [-0.05, 0) is 189 Å². The summed E-state index contributed by atoms with van der Waals surface area (Å²) in [6.45, 7) is 0. The Morgan fingerprint density at radius 3 is 0.932 bits per heavy atom. The predicted molar refractivity (Wildman–Crippen MR) is 550 cm³/mol. The number of fused-ring (bicyclic) bond motifs is 10. The van der Waals surface area contributed by atoms with Crippen LogP contribution in [0.15, 0.2) is 455 Å². The van der Waals surface area contributed by atoms with E-state index < -0.39 is 0 Å². The molecule has 3 aliphatic rings. The summed E-state index contributed by atoms with van der Waals surface area (Å²) < 4.78 is 7.10. The lowest BCUT2D eigenvalue weighted by Crippen LogP contribution is -2.03. The largest absolute Gasteiger partial charge is 0.309 e. The van der Waals surface area contributed by atoms with Crippen molar-refractivity contribution in [3.8, 4) is 163 Å². The lowest BCUT2D eigenvalue weighted by Gasteiger charge is -2.14. The monoisotopic (exact) mass is 1690 g/mol. The van der Waals surface area contributed by atoms with Crippen molar-refractivity contribution in [2.45, 2.75) is 0 Å². The van der Waals surface area contributed by atoms with Crippen LogP contribution in [0.25, 0.3) is 272 Å². The summed E-state index contributed by atoms with van der Waals surface area (Å²) in [7, 11) is 0. The van der Waals surface area contributed by atoms with Crippen molar-refractivity contribution in [2.24, 2.45) is 0 Å². The molecule has 616 valence electrons. The number of aromatic nitrogens is 9. The Morgan fingerprint density at radius 1 is 0.173 bits per heavy atom. The zero-order chi connectivity index (χ0) is 87.3. The van der Waals surface area contributed by atoms with E-state index in [0.29, 0.717) is 23.4 Å². The SMILES string of the molecule is c1ccc(-c2ccc(-c3cccc(-n4c5cccc6c5c5c7c(cccc7ccc54)-c4ccccc4-6)c3)nc2)cc1.c1ccc(-c2ccc(-c3nc(-n4c5cccc6c5c5c7c(cccc7ccc54)-c4ccccc4-6)nc4ccccc34)cc2)cc1.c1ccc(-c2nc(-c3ccccc3)nc(-c3cccc(-n4c5cccc6c5c5c7c(cccc7ccc54)-c4ccccc4-6)c3)n2)cc1. The summed E-state index contributed by atoms with van der Waals surface area (Å²) in [5.41, 5.74) is 37.1. The van der Waals surface area contributed by atoms with Crippen molar-refractivity contribution in [1.82, 2.24) is 43.6 Å². The highest BCUT2D eigenvalue weighted by atomic mass is 15.2. The highest BCUT2D eigenvalue weighted by molar-refractivity contribution is 6.34. The first-order valence-corrected chi connectivity index (χ1v) is 45.3. The fraction of sp³-hybridized carbons (Fsp3) is 0. The maximum Gasteiger partial charge on any atom is 0.235 e. The highest BCUT2D eigenvalue weighted by Crippen LogP contribution is 2.54. The molecule has 0 saturated carbocycles. The van der Waals surface area contributed by atoms with Gasteiger partial charge in [0, 0.05) is 88.7 Å². The van der Waals surface area contributed by atoms with E-state index in [2.05, 4.69) is 396 Å². The van der Waals surface area contributed by atoms with Crippen LogP contribution < -0.4 is 0 Å². The Balaban J connectivity index is 0.000000102. The molecule has 0 saturated heterocycles. The van der Waals surface area contributed by atoms with Gasteiger partial charge < -0.3 is 9.13 Å². The highest BCUT2D eigenvalue weighted by Gasteiger charge is 2.31. The first kappa shape index (κ1) is 75.2. The van der Waals surface area contributed by atoms with Gasteiger partial charge in [-0.25, -0.2) is 24.9 Å². The van der Waals surface area contributed by atoms with Crippen LogP contribution in [-0.4, -0.2) is 43.6 Å². The van der Waals surface area contributed by atoms with E-state index in [-0.39, 0.29) is 0 Å². The summed E-state index contributed by atoms with van der Waals surface area (Å²) in [4.78, 5) is 30.4. The van der Waals surface area contributed by atoms with Gasteiger partial charge >= 0.3 is 0 Å². The van der Waals surface area contributed by atoms with Gasteiger partial charge in [-0.3, -0.25) is 9.55 Å². The molecule has 0 atom stereocenters. The van der Waals surface area contributed by atoms with Gasteiger partial charge in [0.15, 0.2) is 17.5 Å². The van der Waals surface area contributed by atoms with Crippen LogP contribution in [0.2, 0.25) is 0 Å². The summed E-state index contributed by atoms with van der Waals surface area (Å²) >= 11 is 0. The second-order valence-electron chi connectivity index (χ2n) is 34.6. The molecular weight excluding hydrogens is 1620 g/mol. The number of hydrogen-bond acceptors (Lipinski definition) is 6. The normalized spacial score (nSPS) is 11.9. The third-order valence-electron chi connectivity index (χ3n) is 27.3. The van der Waals surface area contributed by atoms with Crippen LogP contribution in [0.1, 0.15) is 0 Å². The summed E-state index contributed by atoms with van der Waals surface area (Å²) in [6.07, 6.45) is 1.97. The molecule has 9 heteroatoms. The molecule has 20 aromatic carbocycles. The standard InChI is InChI=1S/C43H26N4.C42H25N3.C39H24N2/c1-3-12-28(13-4-1)41-44-42(29-14-5-2-6-15-29)46-43(45-41)30-17-9-18-31(26-30)47-36-23-11-22-35-33-20-8-7-19-32(33)34-21-10-16-27-24-25-37(47)40(38(27)34)39(35)36;1-2-10-26(11-3-1)27-20-22-29(23-21-27)41-34-15-6-7-18-35(34)43-42(44-41)45-36-19-9-17-33-31-14-5-4-13-30(31)32-16-8-12-28-24-25-37(45)40(38(28)32)39(33)36;1-2-9-25(10-3-1)28-19-21-34(40-24-28)27-12-6-13-29(23-27)41-35-18-8-17-33-31-15-5-4-14-30(31)32-16-7-11-26-20-22-36(41)39(37(26)32)38(33)35/h1-26H;1-25H;1-24H. The third-order valence-corrected chi connectivity index (χ3v) is 27.3. The average Bonchev–Trinajstić information content (AvgIpc) is 1.55. The van der Waals surface area contributed by atoms with E-state index in [4.69, 9.17) is 29.9 Å². The Labute approximate surface area is 765 Å². The van der Waals surface area contributed by atoms with Gasteiger partial charge in [-0.15, -0.1) is 0 Å². The van der Waals surface area contributed by atoms with Crippen LogP contribution in [0, 0.1) is 0 Å². The molecule has 29 rings (SSSR count). The van der Waals surface area contributed by atoms with Crippen molar-refractivity contribution >= 4 is 109 Å². The average molecular weight is 1690 g/mol. The molecular formula is C124H75N9. The van der Waals surface area contributed by atoms with Crippen LogP contribution in [0.4, 0.5) is 0 Å². The van der Waals surface area contributed by atoms with Gasteiger partial charge in [0.05, 0.1) is 50.0 Å². The van der Waals surface area contributed by atoms with E-state index in [1.807, 2.05) is 72.9 Å². The maximum atomic E-state index is 5.36. The first-order valence-electron chi connectivity index (χ1n) is 45.3. The molecule has 0 spiro atoms. The molecule has 0 amide bonds. The number of hydrogen-bond donors (Lipinski definition) is 0. The number of para-hydroxylation sites is 1. The number of pyridine rings is 1. The second-order valence-corrected chi connectivity index (χ2v) is 34.6. The van der Waals surface area contributed by atoms with Gasteiger partial charge in [-0.1, -0.05) is 376 Å². The lowest BCUT2D eigenvalue weighted by molar-refractivity contribution is 1.01. The zero-order valence-corrected chi connectivity index (χ0v) is 71.8. The fourth-order valence-corrected chi connectivity index (χ4v) is 21.5. The summed E-state index contributed by atoms with van der Waals surface area (Å²) in [5, 5.41) is 16.5. The minimum Gasteiger partial charge on any atom is -0.309 e. The molecule has 0 unspecified atom stereocenters. The smallest absolute Gasteiger partial charge is 0.235 e. The maximum absolute atomic E-state index is 5.36. The van der Waals surface area contributed by atoms with E-state index in [9.17, 15) is 0 Å². The third kappa shape index (κ3) is 12.0. The number of nitrogens with zero attached hydrogens (tertiary/aromatic N) is 9. The molecule has 9 nitrogen and oxygen atoms in total. The van der Waals surface area contributed by atoms with Crippen molar-refractivity contribution in [2.75, 3.05) is 0 Å². The summed E-state index contributed by atoms with van der Waals surface area (Å²) in [5.74, 6) is 2.63. The van der Waals surface area contributed by atoms with Crippen molar-refractivity contribution in [3.63, 3.8) is 0 Å². The minimum atomic E-state index is 0.642. The topological polar surface area (TPSA) is 92.1 Å². The molecule has 26 aromatic rings. The molecule has 133 heavy (non-hydrogen) atoms. The fourth-order valence-electron chi connectivity index (χ4n) is 21.5. The van der Waals surface area contributed by atoms with Gasteiger partial charge in [0.2, 0.25) is 5.95 Å². The van der Waals surface area contributed by atoms with Gasteiger partial charge in [0.25, 0.3) is 0 Å². The first-order chi connectivity index (χ1) is 66.0. The summed E-state index contributed by atoms with van der Waals surface area (Å²) in [6, 6.07) is 160. The number of rotatable bonds is 10. The molecule has 6 heterocycles. The van der Waals surface area contributed by atoms with Gasteiger partial charge in [-0.2, -0.15) is 0 Å². The van der Waals surface area contributed by atoms with Crippen LogP contribution in [-0.2, 0) is 0 Å². The number of benzene rings is 20. The Bertz CT molecular complexity index is 9240. The second kappa shape index (κ2) is 30.4. The van der Waals surface area contributed by atoms with Crippen LogP contribution in [0.3, 0.4) is 0 Å². The zero-order valence-electron chi connectivity index (χ0n) is 71.8.